The Kier molecular flexibility index (Phi) is 4.78. The lowest BCUT2D eigenvalue weighted by Gasteiger charge is -2.24. The van der Waals surface area contributed by atoms with Crippen molar-refractivity contribution < 1.29 is 9.18 Å². The third-order valence-corrected chi connectivity index (χ3v) is 5.38. The zero-order valence-corrected chi connectivity index (χ0v) is 14.1. The van der Waals surface area contributed by atoms with E-state index in [4.69, 9.17) is 11.6 Å². The first-order chi connectivity index (χ1) is 11.0. The van der Waals surface area contributed by atoms with Crippen LogP contribution in [0.3, 0.4) is 0 Å². The van der Waals surface area contributed by atoms with E-state index >= 15 is 0 Å². The zero-order valence-electron chi connectivity index (χ0n) is 12.6. The summed E-state index contributed by atoms with van der Waals surface area (Å²) in [6.45, 7) is 2.53. The Morgan fingerprint density at radius 3 is 2.91 bits per heavy atom. The summed E-state index contributed by atoms with van der Waals surface area (Å²) in [5, 5.41) is 3.30. The molecule has 1 atom stereocenters. The zero-order chi connectivity index (χ0) is 16.4. The van der Waals surface area contributed by atoms with Crippen molar-refractivity contribution in [2.45, 2.75) is 12.3 Å². The molecule has 1 aliphatic heterocycles. The molecule has 1 fully saturated rings. The van der Waals surface area contributed by atoms with Crippen LogP contribution in [0.4, 0.5) is 14.9 Å². The van der Waals surface area contributed by atoms with E-state index in [1.54, 1.807) is 28.8 Å². The molecule has 2 aromatic rings. The Morgan fingerprint density at radius 2 is 2.17 bits per heavy atom. The minimum Gasteiger partial charge on any atom is -0.308 e. The second-order valence-electron chi connectivity index (χ2n) is 5.37. The van der Waals surface area contributed by atoms with Gasteiger partial charge in [-0.15, -0.1) is 11.8 Å². The van der Waals surface area contributed by atoms with Gasteiger partial charge in [0.2, 0.25) is 0 Å². The molecule has 0 spiro atoms. The van der Waals surface area contributed by atoms with Crippen LogP contribution in [0.15, 0.2) is 42.5 Å². The van der Waals surface area contributed by atoms with E-state index in [9.17, 15) is 9.18 Å². The number of urea groups is 1. The van der Waals surface area contributed by atoms with Gasteiger partial charge in [-0.2, -0.15) is 0 Å². The van der Waals surface area contributed by atoms with Crippen molar-refractivity contribution >= 4 is 35.1 Å². The van der Waals surface area contributed by atoms with Crippen molar-refractivity contribution in [3.05, 3.63) is 64.4 Å². The summed E-state index contributed by atoms with van der Waals surface area (Å²) < 4.78 is 13.4. The minimum absolute atomic E-state index is 0.174. The maximum atomic E-state index is 13.4. The number of nitrogens with zero attached hydrogens (tertiary/aromatic N) is 1. The minimum atomic E-state index is -0.291. The molecule has 3 nitrogen and oxygen atoms in total. The number of carbonyl (C=O) groups excluding carboxylic acids is 1. The molecule has 120 valence electrons. The van der Waals surface area contributed by atoms with Crippen molar-refractivity contribution in [2.75, 3.05) is 17.6 Å². The molecule has 1 aliphatic rings. The number of nitrogens with one attached hydrogen (secondary N) is 1. The first-order valence-electron chi connectivity index (χ1n) is 7.25. The Morgan fingerprint density at radius 1 is 1.35 bits per heavy atom. The summed E-state index contributed by atoms with van der Waals surface area (Å²) in [4.78, 5) is 14.3. The van der Waals surface area contributed by atoms with Crippen LogP contribution in [0.2, 0.25) is 5.02 Å². The highest BCUT2D eigenvalue weighted by molar-refractivity contribution is 7.99. The van der Waals surface area contributed by atoms with E-state index in [1.165, 1.54) is 12.1 Å². The van der Waals surface area contributed by atoms with Gasteiger partial charge in [-0.25, -0.2) is 9.18 Å². The van der Waals surface area contributed by atoms with Gasteiger partial charge in [-0.3, -0.25) is 0 Å². The summed E-state index contributed by atoms with van der Waals surface area (Å²) in [6.07, 6.45) is 0. The fraction of sp³-hybridized carbons (Fsp3) is 0.235. The molecule has 1 heterocycles. The fourth-order valence-electron chi connectivity index (χ4n) is 2.48. The Balaban J connectivity index is 1.76. The highest BCUT2D eigenvalue weighted by atomic mass is 35.5. The van der Waals surface area contributed by atoms with Crippen LogP contribution in [0, 0.1) is 12.7 Å². The molecule has 1 saturated heterocycles. The predicted octanol–water partition coefficient (Wildman–Crippen LogP) is 5.07. The van der Waals surface area contributed by atoms with Gasteiger partial charge in [-0.05, 0) is 42.3 Å². The van der Waals surface area contributed by atoms with Gasteiger partial charge in [0.15, 0.2) is 0 Å². The number of rotatable bonds is 2. The molecule has 2 aromatic carbocycles. The highest BCUT2D eigenvalue weighted by Gasteiger charge is 2.30. The van der Waals surface area contributed by atoms with Gasteiger partial charge >= 0.3 is 6.03 Å². The van der Waals surface area contributed by atoms with Crippen molar-refractivity contribution in [1.82, 2.24) is 4.90 Å². The fourth-order valence-corrected chi connectivity index (χ4v) is 3.91. The highest BCUT2D eigenvalue weighted by Crippen LogP contribution is 2.38. The standard InChI is InChI=1S/C17H16ClFN2OS/c1-11-5-6-14(10-15(11)18)20-17(22)21-7-8-23-16(21)12-3-2-4-13(19)9-12/h2-6,9-10,16H,7-8H2,1H3,(H,20,22)/t16-/m0/s1. The number of halogens is 2. The maximum Gasteiger partial charge on any atom is 0.323 e. The van der Waals surface area contributed by atoms with Gasteiger partial charge in [-0.1, -0.05) is 29.8 Å². The molecule has 0 bridgehead atoms. The average Bonchev–Trinajstić information content (AvgIpc) is 3.00. The normalized spacial score (nSPS) is 17.3. The lowest BCUT2D eigenvalue weighted by atomic mass is 10.2. The van der Waals surface area contributed by atoms with Gasteiger partial charge in [0, 0.05) is 23.0 Å². The molecule has 6 heteroatoms. The molecule has 2 amide bonds. The summed E-state index contributed by atoms with van der Waals surface area (Å²) >= 11 is 7.72. The van der Waals surface area contributed by atoms with Gasteiger partial charge < -0.3 is 10.2 Å². The van der Waals surface area contributed by atoms with Crippen LogP contribution in [0.25, 0.3) is 0 Å². The van der Waals surface area contributed by atoms with E-state index in [2.05, 4.69) is 5.32 Å². The monoisotopic (exact) mass is 350 g/mol. The molecular formula is C17H16ClFN2OS. The Labute approximate surface area is 143 Å². The smallest absolute Gasteiger partial charge is 0.308 e. The molecule has 0 saturated carbocycles. The number of amides is 2. The van der Waals surface area contributed by atoms with Crippen LogP contribution in [-0.2, 0) is 0 Å². The summed E-state index contributed by atoms with van der Waals surface area (Å²) in [6, 6.07) is 11.6. The lowest BCUT2D eigenvalue weighted by Crippen LogP contribution is -2.34. The predicted molar refractivity (Wildman–Crippen MR) is 93.5 cm³/mol. The van der Waals surface area contributed by atoms with Crippen molar-refractivity contribution in [3.63, 3.8) is 0 Å². The lowest BCUT2D eigenvalue weighted by molar-refractivity contribution is 0.214. The molecular weight excluding hydrogens is 335 g/mol. The van der Waals surface area contributed by atoms with E-state index < -0.39 is 0 Å². The molecule has 3 rings (SSSR count). The number of benzene rings is 2. The first-order valence-corrected chi connectivity index (χ1v) is 8.68. The van der Waals surface area contributed by atoms with E-state index in [0.29, 0.717) is 17.3 Å². The van der Waals surface area contributed by atoms with Crippen LogP contribution < -0.4 is 5.32 Å². The molecule has 0 aliphatic carbocycles. The number of thioether (sulfide) groups is 1. The largest absolute Gasteiger partial charge is 0.323 e. The second kappa shape index (κ2) is 6.81. The SMILES string of the molecule is Cc1ccc(NC(=O)N2CCS[C@H]2c2cccc(F)c2)cc1Cl. The van der Waals surface area contributed by atoms with Gasteiger partial charge in [0.25, 0.3) is 0 Å². The summed E-state index contributed by atoms with van der Waals surface area (Å²) in [5.74, 6) is 0.532. The second-order valence-corrected chi connectivity index (χ2v) is 6.96. The summed E-state index contributed by atoms with van der Waals surface area (Å²) in [5.41, 5.74) is 2.41. The van der Waals surface area contributed by atoms with Gasteiger partial charge in [0.05, 0.1) is 0 Å². The van der Waals surface area contributed by atoms with Crippen LogP contribution in [0.1, 0.15) is 16.5 Å². The number of anilines is 1. The number of hydrogen-bond acceptors (Lipinski definition) is 2. The van der Waals surface area contributed by atoms with Gasteiger partial charge in [0.1, 0.15) is 11.2 Å². The Bertz CT molecular complexity index is 740. The van der Waals surface area contributed by atoms with E-state index in [0.717, 1.165) is 16.9 Å². The number of carbonyl (C=O) groups is 1. The first kappa shape index (κ1) is 16.1. The number of hydrogen-bond donors (Lipinski definition) is 1. The topological polar surface area (TPSA) is 32.3 Å². The molecule has 0 unspecified atom stereocenters. The molecule has 0 aromatic heterocycles. The third kappa shape index (κ3) is 3.62. The van der Waals surface area contributed by atoms with Crippen molar-refractivity contribution in [2.24, 2.45) is 0 Å². The van der Waals surface area contributed by atoms with Crippen LogP contribution in [-0.4, -0.2) is 23.2 Å². The molecule has 0 radical (unpaired) electrons. The average molecular weight is 351 g/mol. The van der Waals surface area contributed by atoms with E-state index in [-0.39, 0.29) is 17.2 Å². The third-order valence-electron chi connectivity index (χ3n) is 3.71. The van der Waals surface area contributed by atoms with Crippen LogP contribution >= 0.6 is 23.4 Å². The maximum absolute atomic E-state index is 13.4. The van der Waals surface area contributed by atoms with Crippen molar-refractivity contribution in [1.29, 1.82) is 0 Å². The number of aryl methyl sites for hydroxylation is 1. The molecule has 23 heavy (non-hydrogen) atoms. The van der Waals surface area contributed by atoms with E-state index in [1.807, 2.05) is 25.1 Å². The molecule has 1 N–H and O–H groups in total. The van der Waals surface area contributed by atoms with Crippen LogP contribution in [0.5, 0.6) is 0 Å². The summed E-state index contributed by atoms with van der Waals surface area (Å²) in [7, 11) is 0. The quantitative estimate of drug-likeness (QED) is 0.820. The Hall–Kier alpha value is -1.72. The van der Waals surface area contributed by atoms with Crippen molar-refractivity contribution in [3.8, 4) is 0 Å².